The van der Waals surface area contributed by atoms with Crippen molar-refractivity contribution in [3.8, 4) is 0 Å². The molecule has 3 aromatic carbocycles. The summed E-state index contributed by atoms with van der Waals surface area (Å²) in [7, 11) is -7.09. The summed E-state index contributed by atoms with van der Waals surface area (Å²) in [5, 5.41) is 9.27. The van der Waals surface area contributed by atoms with Crippen LogP contribution in [0.5, 0.6) is 0 Å². The Labute approximate surface area is 449 Å². The fourth-order valence-electron chi connectivity index (χ4n) is 5.85. The van der Waals surface area contributed by atoms with Crippen molar-refractivity contribution in [2.45, 2.75) is 248 Å². The normalized spacial score (nSPS) is 9.86. The minimum Gasteiger partial charge on any atom is -0.478 e. The Balaban J connectivity index is -0.0000000945. The number of allylic oxidation sites excluding steroid dienone is 7. The van der Waals surface area contributed by atoms with E-state index >= 15 is 0 Å². The fraction of sp³-hybridized carbons (Fsp3) is 0.571. The molecule has 3 rings (SSSR count). The van der Waals surface area contributed by atoms with E-state index in [1.54, 1.807) is 37.3 Å². The van der Waals surface area contributed by atoms with Gasteiger partial charge in [0.15, 0.2) is 9.84 Å². The van der Waals surface area contributed by atoms with Crippen LogP contribution in [0.2, 0.25) is 0 Å². The van der Waals surface area contributed by atoms with Crippen molar-refractivity contribution in [1.29, 1.82) is 0 Å². The summed E-state index contributed by atoms with van der Waals surface area (Å²) in [6.45, 7) is 62.1. The van der Waals surface area contributed by atoms with Gasteiger partial charge in [0.2, 0.25) is 0 Å². The molecule has 0 saturated heterocycles. The first kappa shape index (κ1) is 87.6. The van der Waals surface area contributed by atoms with Gasteiger partial charge < -0.3 is 5.11 Å². The number of rotatable bonds is 12. The molecule has 0 aliphatic carbocycles. The van der Waals surface area contributed by atoms with Crippen LogP contribution in [0.1, 0.15) is 253 Å². The van der Waals surface area contributed by atoms with Crippen LogP contribution in [-0.4, -0.2) is 38.2 Å². The molecule has 3 aromatic rings. The van der Waals surface area contributed by atoms with Gasteiger partial charge in [-0.15, -0.1) is 0 Å². The molecule has 0 aliphatic rings. The minimum absolute atomic E-state index is 0.0278. The first-order valence-corrected chi connectivity index (χ1v) is 30.3. The van der Waals surface area contributed by atoms with Crippen LogP contribution in [0.4, 0.5) is 0 Å². The quantitative estimate of drug-likeness (QED) is 0.105. The number of benzene rings is 3. The van der Waals surface area contributed by atoms with Crippen LogP contribution in [-0.2, 0) is 20.0 Å². The summed E-state index contributed by atoms with van der Waals surface area (Å²) in [5.74, 6) is 0.207. The second kappa shape index (κ2) is 57.8. The monoisotopic (exact) mass is 1050 g/mol. The maximum Gasteiger partial charge on any atom is 0.336 e. The van der Waals surface area contributed by atoms with Crippen LogP contribution in [0.15, 0.2) is 106 Å². The van der Waals surface area contributed by atoms with Crippen LogP contribution < -0.4 is 0 Å². The van der Waals surface area contributed by atoms with E-state index < -0.39 is 25.9 Å². The van der Waals surface area contributed by atoms with Crippen LogP contribution in [0.25, 0.3) is 0 Å². The maximum atomic E-state index is 11.7. The predicted molar refractivity (Wildman–Crippen MR) is 327 cm³/mol. The average molecular weight is 1050 g/mol. The first-order valence-electron chi connectivity index (χ1n) is 27.2. The molecular weight excluding hydrogens is 933 g/mol. The molecule has 7 nitrogen and oxygen atoms in total. The smallest absolute Gasteiger partial charge is 0.336 e. The average Bonchev–Trinajstić information content (AvgIpc) is 3.37. The third-order valence-electron chi connectivity index (χ3n) is 9.22. The zero-order valence-corrected chi connectivity index (χ0v) is 53.8. The lowest BCUT2D eigenvalue weighted by Crippen LogP contribution is -2.11. The van der Waals surface area contributed by atoms with Gasteiger partial charge in [-0.3, -0.25) is 4.55 Å². The highest BCUT2D eigenvalue weighted by molar-refractivity contribution is 7.91. The molecule has 9 heteroatoms. The third-order valence-corrected chi connectivity index (χ3v) is 12.2. The number of aryl methyl sites for hydroxylation is 1. The Morgan fingerprint density at radius 2 is 1.03 bits per heavy atom. The second-order valence-electron chi connectivity index (χ2n) is 14.7. The molecule has 72 heavy (non-hydrogen) atoms. The summed E-state index contributed by atoms with van der Waals surface area (Å²) in [6, 6.07) is 13.5. The summed E-state index contributed by atoms with van der Waals surface area (Å²) in [4.78, 5) is 11.7. The number of carboxylic acids is 1. The molecule has 0 spiro atoms. The van der Waals surface area contributed by atoms with Gasteiger partial charge in [-0.05, 0) is 143 Å². The molecule has 0 fully saturated rings. The summed E-state index contributed by atoms with van der Waals surface area (Å²) in [5.41, 5.74) is 10.0. The van der Waals surface area contributed by atoms with Gasteiger partial charge in [0, 0.05) is 0 Å². The minimum atomic E-state index is -4.03. The summed E-state index contributed by atoms with van der Waals surface area (Å²) >= 11 is 0. The van der Waals surface area contributed by atoms with Gasteiger partial charge in [0.1, 0.15) is 0 Å². The molecule has 0 radical (unpaired) electrons. The van der Waals surface area contributed by atoms with Gasteiger partial charge in [-0.2, -0.15) is 8.42 Å². The number of carbonyl (C=O) groups is 1. The highest BCUT2D eigenvalue weighted by Gasteiger charge is 2.20. The first-order chi connectivity index (χ1) is 33.9. The van der Waals surface area contributed by atoms with Crippen molar-refractivity contribution >= 4 is 25.9 Å². The van der Waals surface area contributed by atoms with Crippen molar-refractivity contribution in [3.05, 3.63) is 141 Å². The lowest BCUT2D eigenvalue weighted by molar-refractivity contribution is 0.0695. The van der Waals surface area contributed by atoms with Crippen molar-refractivity contribution in [3.63, 3.8) is 0 Å². The molecule has 0 unspecified atom stereocenters. The molecule has 0 heterocycles. The Kier molecular flexibility index (Phi) is 70.4. The highest BCUT2D eigenvalue weighted by atomic mass is 32.2. The number of carboxylic acid groups (broad SMARTS) is 1. The molecule has 0 saturated carbocycles. The topological polar surface area (TPSA) is 126 Å². The van der Waals surface area contributed by atoms with Crippen molar-refractivity contribution < 1.29 is 31.3 Å². The highest BCUT2D eigenvalue weighted by Crippen LogP contribution is 2.31. The predicted octanol–water partition coefficient (Wildman–Crippen LogP) is 21.0. The number of aromatic carboxylic acids is 1. The van der Waals surface area contributed by atoms with E-state index in [9.17, 15) is 26.7 Å². The van der Waals surface area contributed by atoms with E-state index in [1.165, 1.54) is 41.2 Å². The molecule has 0 bridgehead atoms. The summed E-state index contributed by atoms with van der Waals surface area (Å²) < 4.78 is 53.3. The van der Waals surface area contributed by atoms with E-state index in [4.69, 9.17) is 4.55 Å². The van der Waals surface area contributed by atoms with Crippen molar-refractivity contribution in [2.24, 2.45) is 0 Å². The van der Waals surface area contributed by atoms with Crippen LogP contribution >= 0.6 is 0 Å². The van der Waals surface area contributed by atoms with Crippen molar-refractivity contribution in [1.82, 2.24) is 0 Å². The van der Waals surface area contributed by atoms with Crippen LogP contribution in [0, 0.1) is 34.6 Å². The van der Waals surface area contributed by atoms with E-state index in [1.807, 2.05) is 150 Å². The Morgan fingerprint density at radius 3 is 1.31 bits per heavy atom. The lowest BCUT2D eigenvalue weighted by Gasteiger charge is -2.20. The number of hydrogen-bond acceptors (Lipinski definition) is 5. The largest absolute Gasteiger partial charge is 0.478 e. The molecule has 0 atom stereocenters. The SMILES string of the molecule is C=C(C)/C=C\C(=C/C)CC.CC.CC.CC.CC.CC.CC.CC.CC/C=C/CC.CCCS(=O)(=O)c1ccc(C(C)C)cc1.Cc1c(C)c(C(=O)O)c(C)c(C(C)C)c1C.Cc1ccccc1S(=O)(=O)O. The van der Waals surface area contributed by atoms with Gasteiger partial charge in [-0.1, -0.05) is 231 Å². The number of hydrogen-bond donors (Lipinski definition) is 2. The molecule has 422 valence electrons. The fourth-order valence-corrected chi connectivity index (χ4v) is 7.90. The van der Waals surface area contributed by atoms with E-state index in [-0.39, 0.29) is 10.6 Å². The standard InChI is InChI=1S/C14H20O2.C12H18O2S.C10H16.C7H8O3S.C6H12.7C2H6/c1-7(2)12-9(4)8(3)10(5)13(11(12)6)14(15)16;1-4-9-15(13,14)12-7-5-11(6-8-12)10(2)3;1-5-10(6-2)8-7-9(3)4;1-6-4-2-3-5-7(6)11(8,9)10;1-3-5-6-4-2;7*1-2/h7H,1-6H3,(H,15,16);5-8,10H,4,9H2,1-3H3;5,7-8H,3,6H2,1-2,4H3;2-5H,1H3,(H,8,9,10);5-6H,3-4H2,1-2H3;7*1-2H3/b;;8-7-,10-5-;;6-5+;;;;;;;. The molecule has 0 aromatic heterocycles. The van der Waals surface area contributed by atoms with E-state index in [0.717, 1.165) is 28.7 Å². The Morgan fingerprint density at radius 1 is 0.611 bits per heavy atom. The zero-order chi connectivity index (χ0) is 59.4. The molecule has 2 N–H and O–H groups in total. The Hall–Kier alpha value is -4.05. The van der Waals surface area contributed by atoms with Gasteiger partial charge in [-0.25, -0.2) is 13.2 Å². The van der Waals surface area contributed by atoms with E-state index in [2.05, 4.69) is 93.2 Å². The zero-order valence-electron chi connectivity index (χ0n) is 52.2. The Bertz CT molecular complexity index is 2030. The maximum absolute atomic E-state index is 11.7. The lowest BCUT2D eigenvalue weighted by atomic mass is 9.84. The molecule has 0 amide bonds. The molecule has 0 aliphatic heterocycles. The van der Waals surface area contributed by atoms with Gasteiger partial charge in [0.25, 0.3) is 10.1 Å². The van der Waals surface area contributed by atoms with Crippen LogP contribution in [0.3, 0.4) is 0 Å². The summed E-state index contributed by atoms with van der Waals surface area (Å²) in [6.07, 6.45) is 14.7. The second-order valence-corrected chi connectivity index (χ2v) is 18.2. The van der Waals surface area contributed by atoms with E-state index in [0.29, 0.717) is 34.3 Å². The number of sulfone groups is 1. The molecular formula is C63H116O7S2. The van der Waals surface area contributed by atoms with Gasteiger partial charge >= 0.3 is 5.97 Å². The third kappa shape index (κ3) is 42.5. The van der Waals surface area contributed by atoms with Crippen molar-refractivity contribution in [2.75, 3.05) is 5.75 Å². The van der Waals surface area contributed by atoms with Gasteiger partial charge in [0.05, 0.1) is 21.1 Å².